The molecule has 7 aromatic rings. The van der Waals surface area contributed by atoms with Gasteiger partial charge in [0, 0.05) is 22.7 Å². The molecule has 0 bridgehead atoms. The van der Waals surface area contributed by atoms with Crippen LogP contribution in [0.3, 0.4) is 0 Å². The van der Waals surface area contributed by atoms with Gasteiger partial charge < -0.3 is 37.3 Å². The summed E-state index contributed by atoms with van der Waals surface area (Å²) in [6.07, 6.45) is 0. The number of rotatable bonds is 11. The Kier molecular flexibility index (Phi) is 17.1. The summed E-state index contributed by atoms with van der Waals surface area (Å²) in [6.45, 7) is 0. The van der Waals surface area contributed by atoms with Crippen molar-refractivity contribution >= 4 is 114 Å². The van der Waals surface area contributed by atoms with Crippen molar-refractivity contribution in [3.8, 4) is 11.5 Å². The van der Waals surface area contributed by atoms with Crippen molar-refractivity contribution in [1.29, 1.82) is 0 Å². The molecule has 9 N–H and O–H groups in total. The molecular formula is C38H27N10Na3O11S3. The van der Waals surface area contributed by atoms with Gasteiger partial charge in [-0.2, -0.15) is 32.2 Å². The third-order valence-corrected chi connectivity index (χ3v) is 11.4. The van der Waals surface area contributed by atoms with Crippen molar-refractivity contribution in [2.24, 2.45) is 30.7 Å². The molecule has 7 aromatic carbocycles. The van der Waals surface area contributed by atoms with Gasteiger partial charge in [-0.15, -0.1) is 15.3 Å². The minimum Gasteiger partial charge on any atom is -0.871 e. The van der Waals surface area contributed by atoms with E-state index < -0.39 is 84.4 Å². The van der Waals surface area contributed by atoms with E-state index in [4.69, 9.17) is 17.2 Å². The van der Waals surface area contributed by atoms with Crippen LogP contribution in [0.5, 0.6) is 11.5 Å². The number of hydrogen-bond donors (Lipinski definition) is 6. The van der Waals surface area contributed by atoms with Crippen LogP contribution >= 0.6 is 0 Å². The molecule has 0 heterocycles. The standard InChI is InChI=1S/C38H30N10O11S3.3Na/c39-21-2-12-31(29(40)16-21)46-43-24-8-4-22(5-9-24)42-23-6-10-25(11-7-23)44-47-35-32(61(54,55)56)14-19-1-3-26(17-28(19)37(35)49)45-48-36-33(62(57,58)59)15-20-13-27(60(51,52)53)18-30(41)34(20)38(36)50;;;/h1-18,42,49-50H,39-41H2,(H,51,52,53)(H,54,55,56)(H,57,58,59);;;/q;3*+1/p-3. The molecule has 7 rings (SSSR count). The third kappa shape index (κ3) is 12.2. The molecule has 27 heteroatoms. The molecule has 0 saturated carbocycles. The summed E-state index contributed by atoms with van der Waals surface area (Å²) in [5.74, 6) is -2.24. The van der Waals surface area contributed by atoms with Crippen molar-refractivity contribution in [3.05, 3.63) is 109 Å². The number of hydrogen-bond acceptors (Lipinski definition) is 19. The molecule has 0 radical (unpaired) electrons. The number of nitrogens with two attached hydrogens (primary N) is 3. The fourth-order valence-corrected chi connectivity index (χ4v) is 7.81. The SMILES string of the molecule is Nc1ccc(N=Nc2ccc(Nc3ccc(N=Nc4c(S(=O)(=O)O)cc5ccc(N=Nc6c(S(=O)(=O)O)cc7cc(S(=O)(=O)[O-])cc(N)c7c6[O-])cc5c4[O-])cc3)cc2)c(N)c1.[Na+].[Na+].[Na+]. The molecule has 0 saturated heterocycles. The summed E-state index contributed by atoms with van der Waals surface area (Å²) in [7, 11) is -15.4. The Morgan fingerprint density at radius 1 is 0.508 bits per heavy atom. The van der Waals surface area contributed by atoms with E-state index >= 15 is 0 Å². The zero-order valence-electron chi connectivity index (χ0n) is 34.1. The van der Waals surface area contributed by atoms with E-state index in [9.17, 15) is 49.1 Å². The second-order valence-corrected chi connectivity index (χ2v) is 17.3. The largest absolute Gasteiger partial charge is 1.00 e. The molecule has 65 heavy (non-hydrogen) atoms. The van der Waals surface area contributed by atoms with Gasteiger partial charge in [-0.1, -0.05) is 17.6 Å². The van der Waals surface area contributed by atoms with Crippen molar-refractivity contribution in [1.82, 2.24) is 0 Å². The summed E-state index contributed by atoms with van der Waals surface area (Å²) < 4.78 is 104. The van der Waals surface area contributed by atoms with E-state index in [1.165, 1.54) is 24.3 Å². The normalized spacial score (nSPS) is 12.0. The Labute approximate surface area is 436 Å². The first-order valence-corrected chi connectivity index (χ1v) is 21.6. The predicted molar refractivity (Wildman–Crippen MR) is 223 cm³/mol. The van der Waals surface area contributed by atoms with Crippen LogP contribution in [0, 0.1) is 0 Å². The second kappa shape index (κ2) is 20.9. The minimum atomic E-state index is -5.23. The number of benzene rings is 7. The maximum absolute atomic E-state index is 13.7. The quantitative estimate of drug-likeness (QED) is 0.0364. The van der Waals surface area contributed by atoms with Crippen LogP contribution in [-0.2, 0) is 30.4 Å². The Balaban J connectivity index is 0.00000308. The zero-order valence-corrected chi connectivity index (χ0v) is 42.6. The van der Waals surface area contributed by atoms with Gasteiger partial charge in [0.05, 0.1) is 39.0 Å². The van der Waals surface area contributed by atoms with Crippen LogP contribution < -0.4 is 121 Å². The summed E-state index contributed by atoms with van der Waals surface area (Å²) in [5, 5.41) is 52.9. The van der Waals surface area contributed by atoms with Gasteiger partial charge in [0.1, 0.15) is 25.6 Å². The van der Waals surface area contributed by atoms with Crippen LogP contribution in [0.2, 0.25) is 0 Å². The smallest absolute Gasteiger partial charge is 0.871 e. The number of nitrogens with zero attached hydrogens (tertiary/aromatic N) is 6. The van der Waals surface area contributed by atoms with Crippen LogP contribution in [0.15, 0.2) is 155 Å². The Morgan fingerprint density at radius 2 is 1.00 bits per heavy atom. The van der Waals surface area contributed by atoms with E-state index in [0.717, 1.165) is 12.1 Å². The van der Waals surface area contributed by atoms with Gasteiger partial charge in [0.2, 0.25) is 0 Å². The van der Waals surface area contributed by atoms with Gasteiger partial charge >= 0.3 is 88.7 Å². The average Bonchev–Trinajstić information content (AvgIpc) is 3.19. The predicted octanol–water partition coefficient (Wildman–Crippen LogP) is -1.71. The average molecular weight is 965 g/mol. The Hall–Kier alpha value is -4.61. The molecule has 0 aliphatic rings. The summed E-state index contributed by atoms with van der Waals surface area (Å²) in [4.78, 5) is -2.84. The summed E-state index contributed by atoms with van der Waals surface area (Å²) >= 11 is 0. The first-order valence-electron chi connectivity index (χ1n) is 17.3. The number of fused-ring (bicyclic) bond motifs is 2. The minimum absolute atomic E-state index is 0. The number of anilines is 5. The van der Waals surface area contributed by atoms with Gasteiger partial charge in [-0.25, -0.2) is 8.42 Å². The monoisotopic (exact) mass is 964 g/mol. The first-order chi connectivity index (χ1) is 29.2. The third-order valence-electron chi connectivity index (χ3n) is 8.88. The molecule has 0 atom stereocenters. The van der Waals surface area contributed by atoms with Crippen LogP contribution in [-0.4, -0.2) is 38.9 Å². The Bertz CT molecular complexity index is 3420. The fraction of sp³-hybridized carbons (Fsp3) is 0. The maximum atomic E-state index is 13.7. The molecule has 21 nitrogen and oxygen atoms in total. The van der Waals surface area contributed by atoms with E-state index in [2.05, 4.69) is 36.0 Å². The maximum Gasteiger partial charge on any atom is 1.00 e. The van der Waals surface area contributed by atoms with E-state index in [0.29, 0.717) is 52.3 Å². The van der Waals surface area contributed by atoms with Crippen molar-refractivity contribution in [2.75, 3.05) is 22.5 Å². The zero-order chi connectivity index (χ0) is 44.7. The summed E-state index contributed by atoms with van der Waals surface area (Å²) in [6, 6.07) is 24.7. The molecular weight excluding hydrogens is 938 g/mol. The van der Waals surface area contributed by atoms with Gasteiger partial charge in [-0.3, -0.25) is 9.11 Å². The van der Waals surface area contributed by atoms with Gasteiger partial charge in [0.25, 0.3) is 20.2 Å². The van der Waals surface area contributed by atoms with Crippen molar-refractivity contribution in [3.63, 3.8) is 0 Å². The molecule has 0 aliphatic heterocycles. The molecule has 0 fully saturated rings. The second-order valence-electron chi connectivity index (χ2n) is 13.2. The first kappa shape index (κ1) is 53.0. The van der Waals surface area contributed by atoms with Gasteiger partial charge in [-0.05, 0) is 125 Å². The molecule has 316 valence electrons. The van der Waals surface area contributed by atoms with Crippen LogP contribution in [0.25, 0.3) is 21.5 Å². The number of nitrogen functional groups attached to an aromatic ring is 3. The van der Waals surface area contributed by atoms with Crippen LogP contribution in [0.1, 0.15) is 0 Å². The fourth-order valence-electron chi connectivity index (χ4n) is 5.96. The topological polar surface area (TPSA) is 376 Å². The number of azo groups is 3. The van der Waals surface area contributed by atoms with E-state index in [1.54, 1.807) is 54.6 Å². The summed E-state index contributed by atoms with van der Waals surface area (Å²) in [5.41, 5.74) is 18.4. The van der Waals surface area contributed by atoms with E-state index in [-0.39, 0.29) is 111 Å². The molecule has 0 amide bonds. The van der Waals surface area contributed by atoms with E-state index in [1.807, 2.05) is 0 Å². The molecule has 0 unspecified atom stereocenters. The van der Waals surface area contributed by atoms with Crippen LogP contribution in [0.4, 0.5) is 62.6 Å². The van der Waals surface area contributed by atoms with Gasteiger partial charge in [0.15, 0.2) is 0 Å². The molecule has 0 spiro atoms. The van der Waals surface area contributed by atoms with Crippen molar-refractivity contribution < 1.29 is 138 Å². The molecule has 0 aliphatic carbocycles. The molecule has 0 aromatic heterocycles. The Morgan fingerprint density at radius 3 is 1.52 bits per heavy atom. The number of nitrogens with one attached hydrogen (secondary N) is 1. The van der Waals surface area contributed by atoms with Crippen molar-refractivity contribution in [2.45, 2.75) is 14.7 Å².